The van der Waals surface area contributed by atoms with E-state index in [1.54, 1.807) is 12.4 Å². The van der Waals surface area contributed by atoms with Gasteiger partial charge in [-0.05, 0) is 29.8 Å². The molecule has 0 saturated heterocycles. The summed E-state index contributed by atoms with van der Waals surface area (Å²) in [5.74, 6) is -0.367. The molecule has 0 spiro atoms. The van der Waals surface area contributed by atoms with Crippen LogP contribution < -0.4 is 0 Å². The Bertz CT molecular complexity index is 947. The number of halogens is 1. The van der Waals surface area contributed by atoms with Gasteiger partial charge in [-0.15, -0.1) is 0 Å². The quantitative estimate of drug-likeness (QED) is 0.806. The topological polar surface area (TPSA) is 61.4 Å². The first-order chi connectivity index (χ1) is 11.7. The summed E-state index contributed by atoms with van der Waals surface area (Å²) in [5, 5.41) is 5.83. The summed E-state index contributed by atoms with van der Waals surface area (Å²) < 4.78 is 13.3. The number of carbonyl (C=O) groups excluding carboxylic acids is 1. The molecule has 0 bridgehead atoms. The number of hydrogen-bond donors (Lipinski definition) is 1. The van der Waals surface area contributed by atoms with Crippen LogP contribution in [0.1, 0.15) is 17.5 Å². The third-order valence-corrected chi connectivity index (χ3v) is 4.09. The molecule has 6 heteroatoms. The van der Waals surface area contributed by atoms with E-state index in [-0.39, 0.29) is 18.1 Å². The fourth-order valence-corrected chi connectivity index (χ4v) is 2.87. The van der Waals surface area contributed by atoms with Crippen LogP contribution in [0.2, 0.25) is 0 Å². The van der Waals surface area contributed by atoms with E-state index in [1.165, 1.54) is 17.1 Å². The number of hydrazone groups is 1. The molecule has 1 amide bonds. The van der Waals surface area contributed by atoms with Crippen LogP contribution in [0.25, 0.3) is 11.0 Å². The smallest absolute Gasteiger partial charge is 0.247 e. The molecule has 0 aliphatic carbocycles. The number of carbonyl (C=O) groups is 1. The third-order valence-electron chi connectivity index (χ3n) is 4.09. The van der Waals surface area contributed by atoms with Crippen LogP contribution in [0.5, 0.6) is 0 Å². The Kier molecular flexibility index (Phi) is 3.57. The van der Waals surface area contributed by atoms with Gasteiger partial charge < -0.3 is 4.98 Å². The summed E-state index contributed by atoms with van der Waals surface area (Å²) in [6.45, 7) is 0.525. The number of nitrogens with one attached hydrogen (secondary N) is 1. The summed E-state index contributed by atoms with van der Waals surface area (Å²) in [6.07, 6.45) is 2.54. The van der Waals surface area contributed by atoms with Crippen LogP contribution in [0.3, 0.4) is 0 Å². The van der Waals surface area contributed by atoms with E-state index in [0.29, 0.717) is 13.0 Å². The van der Waals surface area contributed by atoms with E-state index in [4.69, 9.17) is 0 Å². The van der Waals surface area contributed by atoms with Crippen LogP contribution in [0, 0.1) is 5.82 Å². The number of H-pyrrole nitrogens is 1. The summed E-state index contributed by atoms with van der Waals surface area (Å²) in [4.78, 5) is 19.7. The standard InChI is InChI=1S/C18H15FN4O/c19-14-3-1-2-13(10-14)15-6-7-23(22-15)18(24)9-12-4-5-16-17(8-12)21-11-20-16/h1-5,8,10-11H,6-7,9H2,(H,20,21). The van der Waals surface area contributed by atoms with Gasteiger partial charge in [0.1, 0.15) is 5.82 Å². The monoisotopic (exact) mass is 322 g/mol. The third kappa shape index (κ3) is 2.78. The molecule has 0 unspecified atom stereocenters. The second kappa shape index (κ2) is 5.88. The highest BCUT2D eigenvalue weighted by molar-refractivity contribution is 6.02. The average molecular weight is 322 g/mol. The molecule has 5 nitrogen and oxygen atoms in total. The largest absolute Gasteiger partial charge is 0.345 e. The Labute approximate surface area is 137 Å². The van der Waals surface area contributed by atoms with E-state index in [9.17, 15) is 9.18 Å². The van der Waals surface area contributed by atoms with Crippen LogP contribution in [0.15, 0.2) is 53.9 Å². The van der Waals surface area contributed by atoms with Gasteiger partial charge in [0.25, 0.3) is 0 Å². The first-order valence-corrected chi connectivity index (χ1v) is 7.75. The Morgan fingerprint density at radius 1 is 1.25 bits per heavy atom. The Morgan fingerprint density at radius 2 is 2.17 bits per heavy atom. The van der Waals surface area contributed by atoms with Gasteiger partial charge in [0.2, 0.25) is 5.91 Å². The van der Waals surface area contributed by atoms with Crippen molar-refractivity contribution in [1.29, 1.82) is 0 Å². The Hall–Kier alpha value is -3.02. The van der Waals surface area contributed by atoms with Crippen molar-refractivity contribution in [2.45, 2.75) is 12.8 Å². The van der Waals surface area contributed by atoms with Crippen molar-refractivity contribution in [1.82, 2.24) is 15.0 Å². The minimum Gasteiger partial charge on any atom is -0.345 e. The molecule has 3 aromatic rings. The highest BCUT2D eigenvalue weighted by Crippen LogP contribution is 2.17. The number of fused-ring (bicyclic) bond motifs is 1. The molecule has 120 valence electrons. The molecule has 1 aromatic heterocycles. The van der Waals surface area contributed by atoms with Gasteiger partial charge in [-0.1, -0.05) is 18.2 Å². The molecule has 4 rings (SSSR count). The molecule has 1 N–H and O–H groups in total. The molecule has 0 atom stereocenters. The molecule has 1 aliphatic rings. The molecule has 0 radical (unpaired) electrons. The first-order valence-electron chi connectivity index (χ1n) is 7.75. The normalized spacial score (nSPS) is 14.2. The predicted molar refractivity (Wildman–Crippen MR) is 89.1 cm³/mol. The number of imidazole rings is 1. The lowest BCUT2D eigenvalue weighted by atomic mass is 10.1. The maximum absolute atomic E-state index is 13.3. The Morgan fingerprint density at radius 3 is 3.04 bits per heavy atom. The molecule has 2 aromatic carbocycles. The lowest BCUT2D eigenvalue weighted by molar-refractivity contribution is -0.130. The average Bonchev–Trinajstić information content (AvgIpc) is 3.24. The molecule has 24 heavy (non-hydrogen) atoms. The number of hydrogen-bond acceptors (Lipinski definition) is 3. The summed E-state index contributed by atoms with van der Waals surface area (Å²) in [7, 11) is 0. The van der Waals surface area contributed by atoms with Crippen molar-refractivity contribution in [2.75, 3.05) is 6.54 Å². The lowest BCUT2D eigenvalue weighted by Gasteiger charge is -2.11. The second-order valence-electron chi connectivity index (χ2n) is 5.75. The maximum Gasteiger partial charge on any atom is 0.247 e. The molecular formula is C18H15FN4O. The van der Waals surface area contributed by atoms with E-state index in [0.717, 1.165) is 27.9 Å². The van der Waals surface area contributed by atoms with E-state index >= 15 is 0 Å². The molecular weight excluding hydrogens is 307 g/mol. The fourth-order valence-electron chi connectivity index (χ4n) is 2.87. The summed E-state index contributed by atoms with van der Waals surface area (Å²) in [5.41, 5.74) is 4.16. The van der Waals surface area contributed by atoms with Gasteiger partial charge in [-0.3, -0.25) is 4.79 Å². The van der Waals surface area contributed by atoms with E-state index in [2.05, 4.69) is 15.1 Å². The zero-order chi connectivity index (χ0) is 16.5. The summed E-state index contributed by atoms with van der Waals surface area (Å²) >= 11 is 0. The minimum absolute atomic E-state index is 0.0692. The molecule has 0 fully saturated rings. The first kappa shape index (κ1) is 14.6. The van der Waals surface area contributed by atoms with Crippen LogP contribution in [0.4, 0.5) is 4.39 Å². The minimum atomic E-state index is -0.298. The number of nitrogens with zero attached hydrogens (tertiary/aromatic N) is 3. The summed E-state index contributed by atoms with van der Waals surface area (Å²) in [6, 6.07) is 12.0. The lowest BCUT2D eigenvalue weighted by Crippen LogP contribution is -2.25. The SMILES string of the molecule is O=C(Cc1ccc2nc[nH]c2c1)N1CCC(c2cccc(F)c2)=N1. The number of aromatic nitrogens is 2. The second-order valence-corrected chi connectivity index (χ2v) is 5.75. The fraction of sp³-hybridized carbons (Fsp3) is 0.167. The van der Waals surface area contributed by atoms with Crippen LogP contribution >= 0.6 is 0 Å². The van der Waals surface area contributed by atoms with E-state index in [1.807, 2.05) is 24.3 Å². The number of rotatable bonds is 3. The van der Waals surface area contributed by atoms with Crippen molar-refractivity contribution in [3.8, 4) is 0 Å². The van der Waals surface area contributed by atoms with Crippen LogP contribution in [-0.2, 0) is 11.2 Å². The van der Waals surface area contributed by atoms with Gasteiger partial charge >= 0.3 is 0 Å². The van der Waals surface area contributed by atoms with Gasteiger partial charge in [0.15, 0.2) is 0 Å². The van der Waals surface area contributed by atoms with Gasteiger partial charge in [0, 0.05) is 12.0 Å². The van der Waals surface area contributed by atoms with Crippen molar-refractivity contribution < 1.29 is 9.18 Å². The maximum atomic E-state index is 13.3. The van der Waals surface area contributed by atoms with Crippen molar-refractivity contribution >= 4 is 22.7 Å². The molecule has 2 heterocycles. The van der Waals surface area contributed by atoms with Gasteiger partial charge in [0.05, 0.1) is 36.0 Å². The molecule has 1 aliphatic heterocycles. The van der Waals surface area contributed by atoms with Gasteiger partial charge in [-0.25, -0.2) is 14.4 Å². The highest BCUT2D eigenvalue weighted by Gasteiger charge is 2.22. The molecule has 0 saturated carbocycles. The number of benzene rings is 2. The predicted octanol–water partition coefficient (Wildman–Crippen LogP) is 2.88. The van der Waals surface area contributed by atoms with Crippen molar-refractivity contribution in [3.63, 3.8) is 0 Å². The van der Waals surface area contributed by atoms with Crippen molar-refractivity contribution in [2.24, 2.45) is 5.10 Å². The Balaban J connectivity index is 1.50. The number of aromatic amines is 1. The zero-order valence-corrected chi connectivity index (χ0v) is 12.9. The van der Waals surface area contributed by atoms with E-state index < -0.39 is 0 Å². The van der Waals surface area contributed by atoms with Crippen LogP contribution in [-0.4, -0.2) is 33.1 Å². The van der Waals surface area contributed by atoms with Gasteiger partial charge in [-0.2, -0.15) is 5.10 Å². The number of amides is 1. The highest BCUT2D eigenvalue weighted by atomic mass is 19.1. The van der Waals surface area contributed by atoms with Crippen molar-refractivity contribution in [3.05, 3.63) is 65.7 Å². The zero-order valence-electron chi connectivity index (χ0n) is 12.9.